The molecule has 0 aliphatic carbocycles. The number of piperidine rings is 1. The largest absolute Gasteiger partial charge is 0.462 e. The highest BCUT2D eigenvalue weighted by Gasteiger charge is 2.30. The Balaban J connectivity index is 2.09. The van der Waals surface area contributed by atoms with Crippen molar-refractivity contribution in [1.29, 1.82) is 5.26 Å². The van der Waals surface area contributed by atoms with Crippen molar-refractivity contribution in [1.82, 2.24) is 9.97 Å². The molecular weight excluding hydrogens is 316 g/mol. The monoisotopic (exact) mass is 338 g/mol. The maximum Gasteiger partial charge on any atom is 0.329 e. The van der Waals surface area contributed by atoms with Crippen LogP contribution in [-0.4, -0.2) is 35.1 Å². The molecule has 0 saturated carbocycles. The summed E-state index contributed by atoms with van der Waals surface area (Å²) in [6.07, 6.45) is 3.04. The molecule has 2 aromatic rings. The van der Waals surface area contributed by atoms with E-state index in [0.717, 1.165) is 31.4 Å². The maximum absolute atomic E-state index is 12.4. The number of carbonyl (C=O) groups excluding carboxylic acids is 1. The van der Waals surface area contributed by atoms with Crippen LogP contribution >= 0.6 is 0 Å². The van der Waals surface area contributed by atoms with E-state index >= 15 is 0 Å². The second-order valence-electron chi connectivity index (χ2n) is 6.52. The Hall–Kier alpha value is -2.68. The van der Waals surface area contributed by atoms with Gasteiger partial charge in [-0.2, -0.15) is 5.26 Å². The van der Waals surface area contributed by atoms with Crippen molar-refractivity contribution in [2.75, 3.05) is 18.0 Å². The van der Waals surface area contributed by atoms with E-state index in [1.807, 2.05) is 24.3 Å². The molecule has 1 aromatic carbocycles. The lowest BCUT2D eigenvalue weighted by atomic mass is 10.0. The van der Waals surface area contributed by atoms with Crippen LogP contribution in [0.3, 0.4) is 0 Å². The number of carbonyl (C=O) groups is 1. The van der Waals surface area contributed by atoms with E-state index in [-0.39, 0.29) is 6.10 Å². The topological polar surface area (TPSA) is 79.1 Å². The van der Waals surface area contributed by atoms with Crippen LogP contribution in [0.15, 0.2) is 24.3 Å². The summed E-state index contributed by atoms with van der Waals surface area (Å²) in [5, 5.41) is 9.62. The molecule has 1 saturated heterocycles. The third-order valence-corrected chi connectivity index (χ3v) is 4.22. The average molecular weight is 338 g/mol. The highest BCUT2D eigenvalue weighted by molar-refractivity contribution is 5.85. The molecule has 0 unspecified atom stereocenters. The molecule has 25 heavy (non-hydrogen) atoms. The van der Waals surface area contributed by atoms with E-state index in [0.29, 0.717) is 17.0 Å². The van der Waals surface area contributed by atoms with Gasteiger partial charge in [-0.1, -0.05) is 12.1 Å². The van der Waals surface area contributed by atoms with Gasteiger partial charge < -0.3 is 9.64 Å². The molecular formula is C19H22N4O2. The van der Waals surface area contributed by atoms with Crippen LogP contribution in [0.2, 0.25) is 0 Å². The Labute approximate surface area is 147 Å². The molecule has 1 aliphatic rings. The number of nitrogens with zero attached hydrogens (tertiary/aromatic N) is 4. The highest BCUT2D eigenvalue weighted by atomic mass is 16.5. The summed E-state index contributed by atoms with van der Waals surface area (Å²) in [7, 11) is 0. The fraction of sp³-hybridized carbons (Fsp3) is 0.474. The molecule has 0 spiro atoms. The van der Waals surface area contributed by atoms with E-state index in [2.05, 4.69) is 16.0 Å². The lowest BCUT2D eigenvalue weighted by molar-refractivity contribution is -0.147. The fourth-order valence-electron chi connectivity index (χ4n) is 3.06. The zero-order chi connectivity index (χ0) is 17.8. The third-order valence-electron chi connectivity index (χ3n) is 4.22. The van der Waals surface area contributed by atoms with E-state index in [1.165, 1.54) is 6.42 Å². The Bertz CT molecular complexity index is 807. The predicted molar refractivity (Wildman–Crippen MR) is 95.2 cm³/mol. The SMILES string of the molecule is CC(C)OC(=O)[C@H](C#N)c1nc2ccccc2nc1N1CCCCC1. The van der Waals surface area contributed by atoms with Crippen molar-refractivity contribution < 1.29 is 9.53 Å². The van der Waals surface area contributed by atoms with Gasteiger partial charge in [-0.05, 0) is 45.2 Å². The van der Waals surface area contributed by atoms with Gasteiger partial charge >= 0.3 is 5.97 Å². The quantitative estimate of drug-likeness (QED) is 0.797. The van der Waals surface area contributed by atoms with E-state index in [9.17, 15) is 10.1 Å². The minimum absolute atomic E-state index is 0.282. The molecule has 3 rings (SSSR count). The lowest BCUT2D eigenvalue weighted by Crippen LogP contribution is -2.32. The minimum Gasteiger partial charge on any atom is -0.462 e. The summed E-state index contributed by atoms with van der Waals surface area (Å²) < 4.78 is 5.26. The molecule has 6 nitrogen and oxygen atoms in total. The maximum atomic E-state index is 12.4. The number of hydrogen-bond donors (Lipinski definition) is 0. The Morgan fingerprint density at radius 3 is 2.40 bits per heavy atom. The second kappa shape index (κ2) is 7.47. The first kappa shape index (κ1) is 17.2. The molecule has 1 atom stereocenters. The van der Waals surface area contributed by atoms with Gasteiger partial charge in [0.1, 0.15) is 5.69 Å². The summed E-state index contributed by atoms with van der Waals surface area (Å²) in [4.78, 5) is 23.9. The first-order valence-corrected chi connectivity index (χ1v) is 8.72. The van der Waals surface area contributed by atoms with Gasteiger partial charge in [0.25, 0.3) is 0 Å². The smallest absolute Gasteiger partial charge is 0.329 e. The Morgan fingerprint density at radius 1 is 1.16 bits per heavy atom. The molecule has 130 valence electrons. The van der Waals surface area contributed by atoms with Crippen LogP contribution < -0.4 is 4.90 Å². The normalized spacial score (nSPS) is 15.8. The molecule has 0 bridgehead atoms. The number of fused-ring (bicyclic) bond motifs is 1. The van der Waals surface area contributed by atoms with Gasteiger partial charge in [0.2, 0.25) is 0 Å². The minimum atomic E-state index is -1.07. The predicted octanol–water partition coefficient (Wildman–Crippen LogP) is 3.18. The number of rotatable bonds is 4. The van der Waals surface area contributed by atoms with Crippen molar-refractivity contribution in [3.63, 3.8) is 0 Å². The summed E-state index contributed by atoms with van der Waals surface area (Å²) >= 11 is 0. The fourth-order valence-corrected chi connectivity index (χ4v) is 3.06. The molecule has 0 radical (unpaired) electrons. The number of hydrogen-bond acceptors (Lipinski definition) is 6. The molecule has 1 fully saturated rings. The van der Waals surface area contributed by atoms with Gasteiger partial charge in [-0.3, -0.25) is 4.79 Å². The van der Waals surface area contributed by atoms with Crippen LogP contribution in [0.1, 0.15) is 44.7 Å². The highest BCUT2D eigenvalue weighted by Crippen LogP contribution is 2.29. The summed E-state index contributed by atoms with van der Waals surface area (Å²) in [5.41, 5.74) is 1.84. The van der Waals surface area contributed by atoms with Crippen LogP contribution in [0.25, 0.3) is 11.0 Å². The van der Waals surface area contributed by atoms with Crippen LogP contribution in [0.5, 0.6) is 0 Å². The summed E-state index contributed by atoms with van der Waals surface area (Å²) in [6, 6.07) is 9.58. The summed E-state index contributed by atoms with van der Waals surface area (Å²) in [5.74, 6) is -1.01. The standard InChI is InChI=1S/C19H22N4O2/c1-13(2)25-19(24)14(12-20)17-18(23-10-6-3-7-11-23)22-16-9-5-4-8-15(16)21-17/h4-5,8-9,13-14H,3,6-7,10-11H2,1-2H3/t14-/m1/s1. The number of ether oxygens (including phenoxy) is 1. The van der Waals surface area contributed by atoms with Crippen molar-refractivity contribution >= 4 is 22.8 Å². The van der Waals surface area contributed by atoms with Crippen LogP contribution in [-0.2, 0) is 9.53 Å². The second-order valence-corrected chi connectivity index (χ2v) is 6.52. The third kappa shape index (κ3) is 3.71. The van der Waals surface area contributed by atoms with Gasteiger partial charge in [-0.25, -0.2) is 9.97 Å². The zero-order valence-electron chi connectivity index (χ0n) is 14.6. The van der Waals surface area contributed by atoms with E-state index in [4.69, 9.17) is 9.72 Å². The molecule has 6 heteroatoms. The molecule has 1 aliphatic heterocycles. The van der Waals surface area contributed by atoms with Crippen molar-refractivity contribution in [2.45, 2.75) is 45.1 Å². The number of para-hydroxylation sites is 2. The van der Waals surface area contributed by atoms with E-state index in [1.54, 1.807) is 13.8 Å². The molecule has 0 amide bonds. The van der Waals surface area contributed by atoms with Crippen LogP contribution in [0, 0.1) is 11.3 Å². The van der Waals surface area contributed by atoms with E-state index < -0.39 is 11.9 Å². The first-order valence-electron chi connectivity index (χ1n) is 8.72. The first-order chi connectivity index (χ1) is 12.1. The number of aromatic nitrogens is 2. The summed E-state index contributed by atoms with van der Waals surface area (Å²) in [6.45, 7) is 5.25. The average Bonchev–Trinajstić information content (AvgIpc) is 2.62. The van der Waals surface area contributed by atoms with Crippen LogP contribution in [0.4, 0.5) is 5.82 Å². The molecule has 1 aromatic heterocycles. The Kier molecular flexibility index (Phi) is 5.13. The number of nitriles is 1. The molecule has 0 N–H and O–H groups in total. The Morgan fingerprint density at radius 2 is 1.80 bits per heavy atom. The number of benzene rings is 1. The van der Waals surface area contributed by atoms with Gasteiger partial charge in [0, 0.05) is 13.1 Å². The van der Waals surface area contributed by atoms with Gasteiger partial charge in [-0.15, -0.1) is 0 Å². The lowest BCUT2D eigenvalue weighted by Gasteiger charge is -2.29. The molecule has 2 heterocycles. The van der Waals surface area contributed by atoms with Gasteiger partial charge in [0.15, 0.2) is 11.7 Å². The number of esters is 1. The number of anilines is 1. The zero-order valence-corrected chi connectivity index (χ0v) is 14.6. The van der Waals surface area contributed by atoms with Gasteiger partial charge in [0.05, 0.1) is 23.2 Å². The van der Waals surface area contributed by atoms with Crippen molar-refractivity contribution in [2.24, 2.45) is 0 Å². The van der Waals surface area contributed by atoms with Crippen molar-refractivity contribution in [3.05, 3.63) is 30.0 Å². The van der Waals surface area contributed by atoms with Crippen molar-refractivity contribution in [3.8, 4) is 6.07 Å².